The zero-order chi connectivity index (χ0) is 11.7. The van der Waals surface area contributed by atoms with Crippen LogP contribution in [-0.4, -0.2) is 47.8 Å². The highest BCUT2D eigenvalue weighted by Crippen LogP contribution is 1.79. The molecule has 84 valence electrons. The van der Waals surface area contributed by atoms with Gasteiger partial charge in [-0.3, -0.25) is 0 Å². The Morgan fingerprint density at radius 3 is 1.07 bits per heavy atom. The standard InChI is InChI=1S/C10H22N2.C2H6/c1-9(2)11(5)7-8-12(6)10(3)4;1-2/h7-8H2,1-6H3;1-2H3/q+2;. The molecule has 0 heterocycles. The summed E-state index contributed by atoms with van der Waals surface area (Å²) in [6.07, 6.45) is 0. The molecule has 0 radical (unpaired) electrons. The van der Waals surface area contributed by atoms with Crippen molar-refractivity contribution in [3.05, 3.63) is 0 Å². The lowest BCUT2D eigenvalue weighted by Gasteiger charge is -1.99. The first-order chi connectivity index (χ1) is 6.45. The topological polar surface area (TPSA) is 6.02 Å². The van der Waals surface area contributed by atoms with Gasteiger partial charge in [-0.05, 0) is 0 Å². The van der Waals surface area contributed by atoms with Crippen LogP contribution in [0.4, 0.5) is 0 Å². The van der Waals surface area contributed by atoms with Gasteiger partial charge in [0, 0.05) is 27.7 Å². The van der Waals surface area contributed by atoms with E-state index in [2.05, 4.69) is 50.9 Å². The van der Waals surface area contributed by atoms with Gasteiger partial charge in [-0.1, -0.05) is 13.8 Å². The maximum Gasteiger partial charge on any atom is 0.200 e. The summed E-state index contributed by atoms with van der Waals surface area (Å²) in [6, 6.07) is 0. The lowest BCUT2D eigenvalue weighted by Crippen LogP contribution is -2.24. The SMILES string of the molecule is CC.CC(C)=[N+](C)CC[N+](C)=C(C)C. The van der Waals surface area contributed by atoms with Crippen LogP contribution in [0.2, 0.25) is 0 Å². The van der Waals surface area contributed by atoms with Crippen molar-refractivity contribution >= 4 is 11.4 Å². The summed E-state index contributed by atoms with van der Waals surface area (Å²) in [6.45, 7) is 14.8. The average Bonchev–Trinajstić information content (AvgIpc) is 2.16. The van der Waals surface area contributed by atoms with E-state index in [4.69, 9.17) is 0 Å². The van der Waals surface area contributed by atoms with Gasteiger partial charge < -0.3 is 0 Å². The normalized spacial score (nSPS) is 8.57. The third-order valence-corrected chi connectivity index (χ3v) is 2.30. The Morgan fingerprint density at radius 2 is 0.929 bits per heavy atom. The molecule has 0 spiro atoms. The van der Waals surface area contributed by atoms with Gasteiger partial charge in [0.1, 0.15) is 25.5 Å². The summed E-state index contributed by atoms with van der Waals surface area (Å²) in [5, 5.41) is 0. The number of hydrogen-bond acceptors (Lipinski definition) is 0. The van der Waals surface area contributed by atoms with Crippen molar-refractivity contribution in [3.63, 3.8) is 0 Å². The van der Waals surface area contributed by atoms with Crippen molar-refractivity contribution in [2.75, 3.05) is 27.2 Å². The molecule has 0 saturated carbocycles. The van der Waals surface area contributed by atoms with Crippen LogP contribution in [0.25, 0.3) is 0 Å². The highest BCUT2D eigenvalue weighted by Gasteiger charge is 2.05. The predicted molar refractivity (Wildman–Crippen MR) is 66.2 cm³/mol. The van der Waals surface area contributed by atoms with Gasteiger partial charge in [0.05, 0.1) is 0 Å². The third kappa shape index (κ3) is 7.96. The van der Waals surface area contributed by atoms with E-state index in [9.17, 15) is 0 Å². The maximum absolute atomic E-state index is 2.28. The first-order valence-electron chi connectivity index (χ1n) is 5.47. The van der Waals surface area contributed by atoms with E-state index in [0.717, 1.165) is 13.1 Å². The lowest BCUT2D eigenvalue weighted by atomic mass is 10.4. The molecule has 0 N–H and O–H groups in total. The maximum atomic E-state index is 2.28. The molecular weight excluding hydrogens is 172 g/mol. The Morgan fingerprint density at radius 1 is 0.714 bits per heavy atom. The van der Waals surface area contributed by atoms with Gasteiger partial charge in [0.2, 0.25) is 0 Å². The van der Waals surface area contributed by atoms with Crippen molar-refractivity contribution in [2.24, 2.45) is 0 Å². The molecule has 0 aromatic rings. The third-order valence-electron chi connectivity index (χ3n) is 2.30. The molecule has 0 fully saturated rings. The second-order valence-electron chi connectivity index (χ2n) is 3.74. The fraction of sp³-hybridized carbons (Fsp3) is 0.833. The van der Waals surface area contributed by atoms with Crippen LogP contribution in [0.1, 0.15) is 41.5 Å². The molecule has 0 aliphatic heterocycles. The molecule has 0 aromatic heterocycles. The number of nitrogens with zero attached hydrogens (tertiary/aromatic N) is 2. The zero-order valence-corrected chi connectivity index (χ0v) is 11.3. The molecule has 14 heavy (non-hydrogen) atoms. The summed E-state index contributed by atoms with van der Waals surface area (Å²) in [7, 11) is 4.27. The predicted octanol–water partition coefficient (Wildman–Crippen LogP) is 2.26. The van der Waals surface area contributed by atoms with E-state index >= 15 is 0 Å². The Balaban J connectivity index is 0. The van der Waals surface area contributed by atoms with Crippen molar-refractivity contribution in [1.82, 2.24) is 0 Å². The van der Waals surface area contributed by atoms with Crippen LogP contribution >= 0.6 is 0 Å². The summed E-state index contributed by atoms with van der Waals surface area (Å²) in [5.74, 6) is 0. The summed E-state index contributed by atoms with van der Waals surface area (Å²) < 4.78 is 4.55. The van der Waals surface area contributed by atoms with Gasteiger partial charge in [0.15, 0.2) is 13.1 Å². The van der Waals surface area contributed by atoms with Crippen LogP contribution in [0.15, 0.2) is 0 Å². The second kappa shape index (κ2) is 8.92. The molecule has 0 aliphatic rings. The molecule has 0 bridgehead atoms. The molecule has 0 saturated heterocycles. The summed E-state index contributed by atoms with van der Waals surface area (Å²) in [4.78, 5) is 0. The number of likely N-dealkylation sites (N-methyl/N-ethyl adjacent to an activating group) is 2. The molecule has 0 aliphatic carbocycles. The van der Waals surface area contributed by atoms with Gasteiger partial charge in [-0.15, -0.1) is 0 Å². The van der Waals surface area contributed by atoms with E-state index < -0.39 is 0 Å². The number of hydrogen-bond donors (Lipinski definition) is 0. The van der Waals surface area contributed by atoms with Crippen molar-refractivity contribution in [1.29, 1.82) is 0 Å². The van der Waals surface area contributed by atoms with E-state index in [1.165, 1.54) is 11.4 Å². The van der Waals surface area contributed by atoms with Gasteiger partial charge in [0.25, 0.3) is 0 Å². The van der Waals surface area contributed by atoms with Gasteiger partial charge in [-0.25, -0.2) is 9.15 Å². The van der Waals surface area contributed by atoms with Crippen LogP contribution in [0.5, 0.6) is 0 Å². The Kier molecular flexibility index (Phi) is 10.1. The highest BCUT2D eigenvalue weighted by atomic mass is 15.0. The first-order valence-corrected chi connectivity index (χ1v) is 5.47. The molecule has 0 rings (SSSR count). The average molecular weight is 200 g/mol. The van der Waals surface area contributed by atoms with Crippen molar-refractivity contribution in [2.45, 2.75) is 41.5 Å². The van der Waals surface area contributed by atoms with Gasteiger partial charge in [-0.2, -0.15) is 0 Å². The molecule has 0 unspecified atom stereocenters. The van der Waals surface area contributed by atoms with Crippen molar-refractivity contribution < 1.29 is 9.15 Å². The fourth-order valence-corrected chi connectivity index (χ4v) is 0.747. The first kappa shape index (κ1) is 15.8. The fourth-order valence-electron chi connectivity index (χ4n) is 0.747. The minimum Gasteiger partial charge on any atom is -0.234 e. The molecule has 0 aromatic carbocycles. The van der Waals surface area contributed by atoms with E-state index in [1.807, 2.05) is 13.8 Å². The molecule has 0 atom stereocenters. The van der Waals surface area contributed by atoms with Crippen LogP contribution in [0.3, 0.4) is 0 Å². The minimum atomic E-state index is 1.10. The monoisotopic (exact) mass is 200 g/mol. The van der Waals surface area contributed by atoms with Crippen LogP contribution < -0.4 is 0 Å². The van der Waals surface area contributed by atoms with Gasteiger partial charge >= 0.3 is 0 Å². The highest BCUT2D eigenvalue weighted by molar-refractivity contribution is 5.74. The Hall–Kier alpha value is -0.660. The summed E-state index contributed by atoms with van der Waals surface area (Å²) in [5.41, 5.74) is 2.74. The Labute approximate surface area is 90.0 Å². The van der Waals surface area contributed by atoms with E-state index in [1.54, 1.807) is 0 Å². The smallest absolute Gasteiger partial charge is 0.200 e. The Bertz CT molecular complexity index is 180. The minimum absolute atomic E-state index is 1.10. The second-order valence-corrected chi connectivity index (χ2v) is 3.74. The zero-order valence-electron chi connectivity index (χ0n) is 11.3. The number of rotatable bonds is 3. The lowest BCUT2D eigenvalue weighted by molar-refractivity contribution is -0.571. The molecule has 0 amide bonds. The van der Waals surface area contributed by atoms with E-state index in [-0.39, 0.29) is 0 Å². The largest absolute Gasteiger partial charge is 0.234 e. The molecular formula is C12H28N2+2. The molecule has 2 nitrogen and oxygen atoms in total. The van der Waals surface area contributed by atoms with E-state index in [0.29, 0.717) is 0 Å². The van der Waals surface area contributed by atoms with Crippen LogP contribution in [-0.2, 0) is 0 Å². The van der Waals surface area contributed by atoms with Crippen molar-refractivity contribution in [3.8, 4) is 0 Å². The summed E-state index contributed by atoms with van der Waals surface area (Å²) >= 11 is 0. The molecule has 2 heteroatoms. The quantitative estimate of drug-likeness (QED) is 0.487. The van der Waals surface area contributed by atoms with Crippen LogP contribution in [0, 0.1) is 0 Å².